The highest BCUT2D eigenvalue weighted by Crippen LogP contribution is 2.43. The number of hydrogen-bond acceptors (Lipinski definition) is 2. The van der Waals surface area contributed by atoms with Crippen LogP contribution >= 0.6 is 0 Å². The van der Waals surface area contributed by atoms with Gasteiger partial charge in [-0.05, 0) is 32.1 Å². The predicted octanol–water partition coefficient (Wildman–Crippen LogP) is 1.68. The Morgan fingerprint density at radius 3 is 2.24 bits per heavy atom. The van der Waals surface area contributed by atoms with Crippen LogP contribution in [0.1, 0.15) is 39.5 Å². The second kappa shape index (κ2) is 5.89. The summed E-state index contributed by atoms with van der Waals surface area (Å²) < 4.78 is 0. The van der Waals surface area contributed by atoms with E-state index in [0.29, 0.717) is 19.6 Å². The van der Waals surface area contributed by atoms with E-state index in [1.54, 1.807) is 4.90 Å². The summed E-state index contributed by atoms with van der Waals surface area (Å²) in [5.74, 6) is -0.776. The Labute approximate surface area is 102 Å². The number of carboxylic acids is 1. The smallest absolute Gasteiger partial charge is 0.317 e. The molecule has 98 valence electrons. The number of nitrogens with zero attached hydrogens (tertiary/aromatic N) is 1. The Hall–Kier alpha value is -1.26. The Morgan fingerprint density at radius 2 is 1.88 bits per heavy atom. The molecule has 5 nitrogen and oxygen atoms in total. The highest BCUT2D eigenvalue weighted by molar-refractivity contribution is 5.74. The van der Waals surface area contributed by atoms with E-state index in [1.807, 2.05) is 13.8 Å². The SMILES string of the molecule is CCN(CC)C(=O)NCC1(CC(=O)O)CCC1. The zero-order chi connectivity index (χ0) is 12.9. The molecule has 0 aromatic rings. The molecule has 5 heteroatoms. The van der Waals surface area contributed by atoms with Crippen LogP contribution in [-0.4, -0.2) is 41.6 Å². The van der Waals surface area contributed by atoms with Gasteiger partial charge in [0.05, 0.1) is 6.42 Å². The molecule has 1 saturated carbocycles. The summed E-state index contributed by atoms with van der Waals surface area (Å²) in [4.78, 5) is 24.2. The van der Waals surface area contributed by atoms with Gasteiger partial charge >= 0.3 is 12.0 Å². The van der Waals surface area contributed by atoms with Crippen LogP contribution in [0.5, 0.6) is 0 Å². The molecule has 0 aromatic heterocycles. The first-order valence-electron chi connectivity index (χ1n) is 6.27. The van der Waals surface area contributed by atoms with E-state index < -0.39 is 5.97 Å². The number of aliphatic carboxylic acids is 1. The van der Waals surface area contributed by atoms with Crippen LogP contribution in [0.3, 0.4) is 0 Å². The van der Waals surface area contributed by atoms with Crippen molar-refractivity contribution in [1.29, 1.82) is 0 Å². The Bertz CT molecular complexity index is 283. The van der Waals surface area contributed by atoms with Gasteiger partial charge in [0.1, 0.15) is 0 Å². The first kappa shape index (κ1) is 13.8. The topological polar surface area (TPSA) is 69.6 Å². The summed E-state index contributed by atoms with van der Waals surface area (Å²) in [5.41, 5.74) is -0.200. The third-order valence-electron chi connectivity index (χ3n) is 3.61. The van der Waals surface area contributed by atoms with Crippen molar-refractivity contribution in [3.8, 4) is 0 Å². The maximum atomic E-state index is 11.7. The molecule has 0 radical (unpaired) electrons. The molecule has 0 aliphatic heterocycles. The van der Waals surface area contributed by atoms with E-state index in [2.05, 4.69) is 5.32 Å². The molecule has 1 aliphatic carbocycles. The van der Waals surface area contributed by atoms with Crippen molar-refractivity contribution in [3.05, 3.63) is 0 Å². The van der Waals surface area contributed by atoms with Crippen molar-refractivity contribution >= 4 is 12.0 Å². The molecule has 0 atom stereocenters. The van der Waals surface area contributed by atoms with Crippen LogP contribution < -0.4 is 5.32 Å². The Morgan fingerprint density at radius 1 is 1.29 bits per heavy atom. The summed E-state index contributed by atoms with van der Waals surface area (Å²) in [6.45, 7) is 5.69. The molecule has 0 unspecified atom stereocenters. The number of carboxylic acid groups (broad SMARTS) is 1. The fourth-order valence-electron chi connectivity index (χ4n) is 2.30. The maximum absolute atomic E-state index is 11.7. The van der Waals surface area contributed by atoms with Gasteiger partial charge in [-0.25, -0.2) is 4.79 Å². The van der Waals surface area contributed by atoms with E-state index in [4.69, 9.17) is 5.11 Å². The minimum Gasteiger partial charge on any atom is -0.481 e. The third-order valence-corrected chi connectivity index (χ3v) is 3.61. The first-order valence-corrected chi connectivity index (χ1v) is 6.27. The van der Waals surface area contributed by atoms with Crippen molar-refractivity contribution in [2.75, 3.05) is 19.6 Å². The molecule has 1 rings (SSSR count). The normalized spacial score (nSPS) is 17.1. The molecular formula is C12H22N2O3. The van der Waals surface area contributed by atoms with E-state index in [0.717, 1.165) is 19.3 Å². The van der Waals surface area contributed by atoms with Gasteiger partial charge in [-0.3, -0.25) is 4.79 Å². The van der Waals surface area contributed by atoms with Gasteiger partial charge in [-0.15, -0.1) is 0 Å². The summed E-state index contributed by atoms with van der Waals surface area (Å²) in [5, 5.41) is 11.7. The van der Waals surface area contributed by atoms with Crippen LogP contribution in [0.25, 0.3) is 0 Å². The fraction of sp³-hybridized carbons (Fsp3) is 0.833. The second-order valence-electron chi connectivity index (χ2n) is 4.76. The third kappa shape index (κ3) is 3.61. The summed E-state index contributed by atoms with van der Waals surface area (Å²) in [7, 11) is 0. The van der Waals surface area contributed by atoms with E-state index in [9.17, 15) is 9.59 Å². The Kier molecular flexibility index (Phi) is 4.78. The molecular weight excluding hydrogens is 220 g/mol. The molecule has 0 saturated heterocycles. The van der Waals surface area contributed by atoms with Crippen molar-refractivity contribution in [3.63, 3.8) is 0 Å². The van der Waals surface area contributed by atoms with E-state index >= 15 is 0 Å². The Balaban J connectivity index is 2.42. The van der Waals surface area contributed by atoms with Gasteiger partial charge in [0.2, 0.25) is 0 Å². The minimum absolute atomic E-state index is 0.0911. The van der Waals surface area contributed by atoms with Crippen molar-refractivity contribution < 1.29 is 14.7 Å². The van der Waals surface area contributed by atoms with Crippen LogP contribution in [0.15, 0.2) is 0 Å². The number of rotatable bonds is 6. The lowest BCUT2D eigenvalue weighted by molar-refractivity contribution is -0.141. The van der Waals surface area contributed by atoms with Gasteiger partial charge in [0, 0.05) is 19.6 Å². The molecule has 0 aromatic carbocycles. The predicted molar refractivity (Wildman–Crippen MR) is 64.9 cm³/mol. The molecule has 0 heterocycles. The number of carbonyl (C=O) groups is 2. The number of amides is 2. The minimum atomic E-state index is -0.776. The van der Waals surface area contributed by atoms with Gasteiger partial charge in [-0.2, -0.15) is 0 Å². The fourth-order valence-corrected chi connectivity index (χ4v) is 2.30. The largest absolute Gasteiger partial charge is 0.481 e. The summed E-state index contributed by atoms with van der Waals surface area (Å²) in [6.07, 6.45) is 3.02. The highest BCUT2D eigenvalue weighted by Gasteiger charge is 2.39. The van der Waals surface area contributed by atoms with Gasteiger partial charge in [-0.1, -0.05) is 6.42 Å². The van der Waals surface area contributed by atoms with Crippen molar-refractivity contribution in [1.82, 2.24) is 10.2 Å². The number of nitrogens with one attached hydrogen (secondary N) is 1. The maximum Gasteiger partial charge on any atom is 0.317 e. The molecule has 1 aliphatic rings. The van der Waals surface area contributed by atoms with Gasteiger partial charge < -0.3 is 15.3 Å². The molecule has 2 amide bonds. The molecule has 0 bridgehead atoms. The average Bonchev–Trinajstić information content (AvgIpc) is 2.23. The van der Waals surface area contributed by atoms with Crippen LogP contribution in [0.2, 0.25) is 0 Å². The lowest BCUT2D eigenvalue weighted by Crippen LogP contribution is -2.47. The van der Waals surface area contributed by atoms with Crippen molar-refractivity contribution in [2.24, 2.45) is 5.41 Å². The zero-order valence-electron chi connectivity index (χ0n) is 10.7. The molecule has 2 N–H and O–H groups in total. The standard InChI is InChI=1S/C12H22N2O3/c1-3-14(4-2)11(17)13-9-12(6-5-7-12)8-10(15)16/h3-9H2,1-2H3,(H,13,17)(H,15,16). The number of urea groups is 1. The van der Waals surface area contributed by atoms with Crippen LogP contribution in [-0.2, 0) is 4.79 Å². The number of carbonyl (C=O) groups excluding carboxylic acids is 1. The van der Waals surface area contributed by atoms with Gasteiger partial charge in [0.25, 0.3) is 0 Å². The van der Waals surface area contributed by atoms with Crippen LogP contribution in [0, 0.1) is 5.41 Å². The summed E-state index contributed by atoms with van der Waals surface area (Å²) in [6, 6.07) is -0.0911. The number of hydrogen-bond donors (Lipinski definition) is 2. The lowest BCUT2D eigenvalue weighted by Gasteiger charge is -2.41. The van der Waals surface area contributed by atoms with E-state index in [1.165, 1.54) is 0 Å². The second-order valence-corrected chi connectivity index (χ2v) is 4.76. The highest BCUT2D eigenvalue weighted by atomic mass is 16.4. The van der Waals surface area contributed by atoms with Crippen molar-refractivity contribution in [2.45, 2.75) is 39.5 Å². The lowest BCUT2D eigenvalue weighted by atomic mass is 9.66. The van der Waals surface area contributed by atoms with Gasteiger partial charge in [0.15, 0.2) is 0 Å². The molecule has 17 heavy (non-hydrogen) atoms. The van der Waals surface area contributed by atoms with E-state index in [-0.39, 0.29) is 17.9 Å². The monoisotopic (exact) mass is 242 g/mol. The van der Waals surface area contributed by atoms with Crippen LogP contribution in [0.4, 0.5) is 4.79 Å². The quantitative estimate of drug-likeness (QED) is 0.744. The zero-order valence-corrected chi connectivity index (χ0v) is 10.7. The molecule has 0 spiro atoms. The average molecular weight is 242 g/mol. The molecule has 1 fully saturated rings. The summed E-state index contributed by atoms with van der Waals surface area (Å²) >= 11 is 0. The first-order chi connectivity index (χ1) is 8.03.